The Morgan fingerprint density at radius 1 is 1.11 bits per heavy atom. The second-order valence-electron chi connectivity index (χ2n) is 7.39. The molecule has 0 radical (unpaired) electrons. The molecule has 0 aliphatic rings. The maximum absolute atomic E-state index is 13.0. The molecule has 12 nitrogen and oxygen atoms in total. The predicted octanol–water partition coefficient (Wildman–Crippen LogP) is 3.53. The van der Waals surface area contributed by atoms with Gasteiger partial charge >= 0.3 is 6.16 Å². The van der Waals surface area contributed by atoms with Crippen LogP contribution in [0, 0.1) is 5.82 Å². The first-order valence-corrected chi connectivity index (χ1v) is 12.3. The molecule has 2 aromatic heterocycles. The standard InChI is InChI=1S/C23H23FN5O7P/c24-17-6-8-18(9-7-17)36-23(31)33-14-35-37(34-12-16-4-2-1-3-5-16)15-32-11-10-29-13-26-19-20(29)27-22(25)28-21(19)30/h1-9,13H,10-12,14-15H2,(H3,25,27,28,30). The summed E-state index contributed by atoms with van der Waals surface area (Å²) in [5.41, 5.74) is 6.64. The number of aromatic amines is 1. The number of nitrogens with one attached hydrogen (secondary N) is 1. The molecule has 0 bridgehead atoms. The average Bonchev–Trinajstić information content (AvgIpc) is 3.29. The molecule has 0 fully saturated rings. The number of nitrogens with two attached hydrogens (primary N) is 1. The van der Waals surface area contributed by atoms with E-state index in [9.17, 15) is 14.0 Å². The molecular weight excluding hydrogens is 508 g/mol. The van der Waals surface area contributed by atoms with Gasteiger partial charge in [-0.3, -0.25) is 14.3 Å². The third-order valence-electron chi connectivity index (χ3n) is 4.77. The number of hydrogen-bond donors (Lipinski definition) is 2. The van der Waals surface area contributed by atoms with Crippen molar-refractivity contribution in [3.05, 3.63) is 82.7 Å². The highest BCUT2D eigenvalue weighted by atomic mass is 31.2. The van der Waals surface area contributed by atoms with Crippen LogP contribution in [-0.4, -0.2) is 45.4 Å². The maximum Gasteiger partial charge on any atom is 0.515 e. The molecule has 1 atom stereocenters. The summed E-state index contributed by atoms with van der Waals surface area (Å²) in [6.45, 7) is 0.384. The second kappa shape index (κ2) is 12.9. The van der Waals surface area contributed by atoms with Crippen LogP contribution in [0.4, 0.5) is 15.1 Å². The number of anilines is 1. The number of aromatic nitrogens is 4. The normalized spacial score (nSPS) is 11.9. The second-order valence-corrected chi connectivity index (χ2v) is 8.83. The largest absolute Gasteiger partial charge is 0.515 e. The third kappa shape index (κ3) is 7.79. The molecule has 0 saturated heterocycles. The Kier molecular flexibility index (Phi) is 9.11. The van der Waals surface area contributed by atoms with E-state index >= 15 is 0 Å². The van der Waals surface area contributed by atoms with Gasteiger partial charge in [0.1, 0.15) is 17.9 Å². The summed E-state index contributed by atoms with van der Waals surface area (Å²) in [5.74, 6) is -0.340. The Morgan fingerprint density at radius 2 is 1.89 bits per heavy atom. The number of hydrogen-bond acceptors (Lipinski definition) is 10. The van der Waals surface area contributed by atoms with E-state index in [0.717, 1.165) is 17.7 Å². The van der Waals surface area contributed by atoms with Crippen LogP contribution in [0.25, 0.3) is 11.2 Å². The molecule has 194 valence electrons. The molecule has 0 amide bonds. The fourth-order valence-corrected chi connectivity index (χ4v) is 4.00. The summed E-state index contributed by atoms with van der Waals surface area (Å²) in [5, 5.41) is 0. The van der Waals surface area contributed by atoms with Crippen LogP contribution in [0.5, 0.6) is 5.75 Å². The Hall–Kier alpha value is -3.90. The van der Waals surface area contributed by atoms with Crippen molar-refractivity contribution in [2.45, 2.75) is 13.2 Å². The number of benzene rings is 2. The summed E-state index contributed by atoms with van der Waals surface area (Å²) < 4.78 is 41.6. The number of carbonyl (C=O) groups excluding carboxylic acids is 1. The molecule has 4 aromatic rings. The summed E-state index contributed by atoms with van der Waals surface area (Å²) >= 11 is 0. The van der Waals surface area contributed by atoms with Gasteiger partial charge in [0.25, 0.3) is 5.56 Å². The van der Waals surface area contributed by atoms with Crippen molar-refractivity contribution in [1.29, 1.82) is 0 Å². The SMILES string of the molecule is Nc1nc2c(ncn2CCOCP(OCOC(=O)Oc2ccc(F)cc2)OCc2ccccc2)c(=O)[nH]1. The first-order chi connectivity index (χ1) is 18.0. The maximum atomic E-state index is 13.0. The molecular formula is C23H23FN5O7P. The fraction of sp³-hybridized carbons (Fsp3) is 0.217. The minimum absolute atomic E-state index is 0.00986. The highest BCUT2D eigenvalue weighted by Gasteiger charge is 2.15. The summed E-state index contributed by atoms with van der Waals surface area (Å²) in [6.07, 6.45) is 0.530. The van der Waals surface area contributed by atoms with E-state index in [4.69, 9.17) is 29.0 Å². The molecule has 0 spiro atoms. The minimum atomic E-state index is -1.61. The molecule has 14 heteroatoms. The van der Waals surface area contributed by atoms with Crippen LogP contribution >= 0.6 is 8.38 Å². The van der Waals surface area contributed by atoms with Gasteiger partial charge in [-0.25, -0.2) is 14.2 Å². The van der Waals surface area contributed by atoms with E-state index in [0.29, 0.717) is 12.2 Å². The smallest absolute Gasteiger partial charge is 0.406 e. The van der Waals surface area contributed by atoms with Crippen LogP contribution in [0.3, 0.4) is 0 Å². The van der Waals surface area contributed by atoms with Crippen molar-refractivity contribution in [2.24, 2.45) is 0 Å². The van der Waals surface area contributed by atoms with E-state index in [1.54, 1.807) is 4.57 Å². The molecule has 0 aliphatic heterocycles. The van der Waals surface area contributed by atoms with Crippen molar-refractivity contribution in [3.8, 4) is 5.75 Å². The fourth-order valence-electron chi connectivity index (χ4n) is 3.03. The Labute approximate surface area is 211 Å². The summed E-state index contributed by atoms with van der Waals surface area (Å²) in [6, 6.07) is 14.4. The molecule has 2 aromatic carbocycles. The Bertz CT molecular complexity index is 1370. The van der Waals surface area contributed by atoms with Gasteiger partial charge in [-0.05, 0) is 29.8 Å². The molecule has 0 saturated carbocycles. The van der Waals surface area contributed by atoms with Crippen molar-refractivity contribution in [2.75, 3.05) is 25.5 Å². The number of rotatable bonds is 12. The van der Waals surface area contributed by atoms with Crippen LogP contribution < -0.4 is 16.0 Å². The zero-order valence-corrected chi connectivity index (χ0v) is 20.3. The number of nitrogens with zero attached hydrogens (tertiary/aromatic N) is 3. The van der Waals surface area contributed by atoms with Crippen LogP contribution in [0.15, 0.2) is 65.7 Å². The zero-order chi connectivity index (χ0) is 26.0. The number of carbonyl (C=O) groups is 1. The van der Waals surface area contributed by atoms with Crippen molar-refractivity contribution >= 4 is 31.6 Å². The molecule has 0 aliphatic carbocycles. The van der Waals surface area contributed by atoms with E-state index in [1.165, 1.54) is 18.5 Å². The number of ether oxygens (including phenoxy) is 3. The Morgan fingerprint density at radius 3 is 2.68 bits per heavy atom. The van der Waals surface area contributed by atoms with Crippen LogP contribution in [0.2, 0.25) is 0 Å². The van der Waals surface area contributed by atoms with Crippen molar-refractivity contribution in [1.82, 2.24) is 19.5 Å². The lowest BCUT2D eigenvalue weighted by atomic mass is 10.2. The Balaban J connectivity index is 1.27. The molecule has 3 N–H and O–H groups in total. The monoisotopic (exact) mass is 531 g/mol. The number of nitrogen functional groups attached to an aromatic ring is 1. The van der Waals surface area contributed by atoms with Gasteiger partial charge in [-0.1, -0.05) is 30.3 Å². The van der Waals surface area contributed by atoms with Crippen molar-refractivity contribution in [3.63, 3.8) is 0 Å². The van der Waals surface area contributed by atoms with Gasteiger partial charge in [0.2, 0.25) is 21.1 Å². The van der Waals surface area contributed by atoms with E-state index in [2.05, 4.69) is 15.0 Å². The van der Waals surface area contributed by atoms with Crippen LogP contribution in [0.1, 0.15) is 5.56 Å². The van der Waals surface area contributed by atoms with Gasteiger partial charge in [0.15, 0.2) is 11.2 Å². The predicted molar refractivity (Wildman–Crippen MR) is 131 cm³/mol. The molecule has 4 rings (SSSR count). The lowest BCUT2D eigenvalue weighted by Gasteiger charge is -2.17. The van der Waals surface area contributed by atoms with Crippen molar-refractivity contribution < 1.29 is 32.4 Å². The highest BCUT2D eigenvalue weighted by Crippen LogP contribution is 2.39. The first kappa shape index (κ1) is 26.2. The zero-order valence-electron chi connectivity index (χ0n) is 19.4. The number of fused-ring (bicyclic) bond motifs is 1. The molecule has 37 heavy (non-hydrogen) atoms. The van der Waals surface area contributed by atoms with Crippen LogP contribution in [-0.2, 0) is 31.7 Å². The van der Waals surface area contributed by atoms with Gasteiger partial charge in [-0.15, -0.1) is 0 Å². The minimum Gasteiger partial charge on any atom is -0.406 e. The molecule has 1 unspecified atom stereocenters. The summed E-state index contributed by atoms with van der Waals surface area (Å²) in [4.78, 5) is 34.3. The van der Waals surface area contributed by atoms with Gasteiger partial charge in [0.05, 0.1) is 19.5 Å². The highest BCUT2D eigenvalue weighted by molar-refractivity contribution is 7.46. The first-order valence-electron chi connectivity index (χ1n) is 10.9. The van der Waals surface area contributed by atoms with Gasteiger partial charge in [-0.2, -0.15) is 4.98 Å². The van der Waals surface area contributed by atoms with E-state index in [-0.39, 0.29) is 36.8 Å². The van der Waals surface area contributed by atoms with E-state index < -0.39 is 32.7 Å². The average molecular weight is 531 g/mol. The van der Waals surface area contributed by atoms with Gasteiger partial charge < -0.3 is 29.0 Å². The lowest BCUT2D eigenvalue weighted by molar-refractivity contribution is 0.0244. The van der Waals surface area contributed by atoms with Gasteiger partial charge in [0, 0.05) is 6.54 Å². The van der Waals surface area contributed by atoms with E-state index in [1.807, 2.05) is 30.3 Å². The summed E-state index contributed by atoms with van der Waals surface area (Å²) in [7, 11) is -1.61. The number of imidazole rings is 1. The molecule has 2 heterocycles. The lowest BCUT2D eigenvalue weighted by Crippen LogP contribution is -2.14. The quantitative estimate of drug-likeness (QED) is 0.0913. The third-order valence-corrected chi connectivity index (χ3v) is 5.98. The number of H-pyrrole nitrogens is 1. The number of halogens is 1. The topological polar surface area (TPSA) is 153 Å².